The summed E-state index contributed by atoms with van der Waals surface area (Å²) in [5, 5.41) is 2.52. The van der Waals surface area contributed by atoms with Crippen LogP contribution in [0.2, 0.25) is 6.04 Å². The Labute approximate surface area is 130 Å². The predicted molar refractivity (Wildman–Crippen MR) is 84.2 cm³/mol. The monoisotopic (exact) mass is 326 g/mol. The van der Waals surface area contributed by atoms with Crippen LogP contribution in [0.1, 0.15) is 12.8 Å². The second-order valence-electron chi connectivity index (χ2n) is 4.88. The summed E-state index contributed by atoms with van der Waals surface area (Å²) < 4.78 is 18.8. The van der Waals surface area contributed by atoms with E-state index in [0.29, 0.717) is 19.0 Å². The highest BCUT2D eigenvalue weighted by molar-refractivity contribution is 6.60. The number of nitrogens with one attached hydrogen (secondary N) is 1. The molecule has 0 spiro atoms. The van der Waals surface area contributed by atoms with Gasteiger partial charge in [-0.2, -0.15) is 0 Å². The molecule has 0 aliphatic carbocycles. The zero-order chi connectivity index (χ0) is 16.2. The lowest BCUT2D eigenvalue weighted by molar-refractivity contribution is 0.0275. The summed E-state index contributed by atoms with van der Waals surface area (Å²) in [6.07, 6.45) is -0.0709. The molecule has 2 bridgehead atoms. The molecule has 2 heterocycles. The largest absolute Gasteiger partial charge is 0.503 e. The molecule has 22 heavy (non-hydrogen) atoms. The number of urea groups is 1. The number of nitrogens with zero attached hydrogens (tertiary/aromatic N) is 1. The van der Waals surface area contributed by atoms with Crippen molar-refractivity contribution >= 4 is 25.9 Å². The van der Waals surface area contributed by atoms with Gasteiger partial charge in [0.2, 0.25) is 0 Å². The van der Waals surface area contributed by atoms with Crippen molar-refractivity contribution in [2.45, 2.75) is 18.8 Å². The van der Waals surface area contributed by atoms with Gasteiger partial charge >= 0.3 is 14.8 Å². The van der Waals surface area contributed by atoms with Crippen LogP contribution in [-0.4, -0.2) is 40.2 Å². The number of benzene rings is 1. The van der Waals surface area contributed by atoms with Gasteiger partial charge in [-0.25, -0.2) is 4.79 Å². The van der Waals surface area contributed by atoms with Crippen LogP contribution in [0.15, 0.2) is 24.3 Å². The van der Waals surface area contributed by atoms with Crippen LogP contribution in [0.4, 0.5) is 4.79 Å². The fourth-order valence-electron chi connectivity index (χ4n) is 2.41. The molecular formula is C13H22N4O4Si. The van der Waals surface area contributed by atoms with E-state index in [2.05, 4.69) is 5.32 Å². The zero-order valence-electron chi connectivity index (χ0n) is 12.7. The van der Waals surface area contributed by atoms with E-state index >= 15 is 0 Å². The standard InChI is InChI=1S/C13H22N4O4Si/c1-19-22(20-2,9-3-8-16-12(14)18)21-13(15)17-10-4-5-11(17)7-6-10/h4-7,13H,3,8-9,15H2,1-2H3,(H3,14,16,18). The van der Waals surface area contributed by atoms with Crippen LogP contribution < -0.4 is 16.8 Å². The Morgan fingerprint density at radius 2 is 1.82 bits per heavy atom. The molecule has 0 aromatic carbocycles. The van der Waals surface area contributed by atoms with E-state index in [1.807, 2.05) is 28.8 Å². The number of carbonyl (C=O) groups excluding carboxylic acids is 1. The number of primary amides is 1. The van der Waals surface area contributed by atoms with Crippen molar-refractivity contribution < 1.29 is 18.1 Å². The molecule has 2 aromatic heterocycles. The van der Waals surface area contributed by atoms with Crippen molar-refractivity contribution in [3.05, 3.63) is 24.3 Å². The molecule has 0 saturated carbocycles. The van der Waals surface area contributed by atoms with Gasteiger partial charge in [0.05, 0.1) is 0 Å². The molecule has 2 rings (SSSR count). The summed E-state index contributed by atoms with van der Waals surface area (Å²) in [6.45, 7) is 0.428. The van der Waals surface area contributed by atoms with E-state index in [9.17, 15) is 4.79 Å². The maximum absolute atomic E-state index is 10.7. The zero-order valence-corrected chi connectivity index (χ0v) is 13.7. The first kappa shape index (κ1) is 16.7. The highest BCUT2D eigenvalue weighted by Crippen LogP contribution is 2.25. The molecule has 0 fully saturated rings. The first-order chi connectivity index (χ1) is 10.5. The van der Waals surface area contributed by atoms with Crippen LogP contribution >= 0.6 is 0 Å². The highest BCUT2D eigenvalue weighted by Gasteiger charge is 2.41. The normalized spacial score (nSPS) is 13.6. The van der Waals surface area contributed by atoms with Gasteiger partial charge in [0, 0.05) is 37.8 Å². The average Bonchev–Trinajstić information content (AvgIpc) is 3.10. The van der Waals surface area contributed by atoms with E-state index in [1.165, 1.54) is 0 Å². The van der Waals surface area contributed by atoms with Crippen molar-refractivity contribution in [1.29, 1.82) is 0 Å². The van der Waals surface area contributed by atoms with Crippen LogP contribution in [0.5, 0.6) is 0 Å². The SMILES string of the molecule is CO[Si](CCCNC(N)=O)(OC)OC(N)n1c2ccc1cc2. The number of hydrogen-bond acceptors (Lipinski definition) is 5. The fraction of sp³-hybridized carbons (Fsp3) is 0.462. The second-order valence-corrected chi connectivity index (χ2v) is 7.80. The van der Waals surface area contributed by atoms with E-state index < -0.39 is 21.2 Å². The molecule has 0 aliphatic heterocycles. The molecule has 5 N–H and O–H groups in total. The average molecular weight is 326 g/mol. The van der Waals surface area contributed by atoms with E-state index in [0.717, 1.165) is 11.0 Å². The summed E-state index contributed by atoms with van der Waals surface area (Å²) in [5.41, 5.74) is 13.1. The van der Waals surface area contributed by atoms with Crippen LogP contribution in [0.3, 0.4) is 0 Å². The maximum atomic E-state index is 10.7. The molecule has 2 amide bonds. The lowest BCUT2D eigenvalue weighted by Gasteiger charge is -2.30. The summed E-state index contributed by atoms with van der Waals surface area (Å²) in [4.78, 5) is 10.7. The molecule has 1 unspecified atom stereocenters. The van der Waals surface area contributed by atoms with Crippen LogP contribution in [0.25, 0.3) is 11.0 Å². The number of rotatable bonds is 9. The van der Waals surface area contributed by atoms with Gasteiger partial charge in [0.25, 0.3) is 0 Å². The van der Waals surface area contributed by atoms with Crippen molar-refractivity contribution in [2.75, 3.05) is 20.8 Å². The minimum Gasteiger partial charge on any atom is -0.377 e. The molecule has 2 aromatic rings. The number of aromatic nitrogens is 1. The van der Waals surface area contributed by atoms with Crippen molar-refractivity contribution in [2.24, 2.45) is 11.5 Å². The van der Waals surface area contributed by atoms with Gasteiger partial charge < -0.3 is 28.9 Å². The van der Waals surface area contributed by atoms with E-state index in [4.69, 9.17) is 24.7 Å². The van der Waals surface area contributed by atoms with Gasteiger partial charge in [-0.05, 0) is 30.7 Å². The maximum Gasteiger partial charge on any atom is 0.503 e. The summed E-state index contributed by atoms with van der Waals surface area (Å²) in [6, 6.07) is 7.85. The first-order valence-corrected chi connectivity index (χ1v) is 8.91. The third-order valence-corrected chi connectivity index (χ3v) is 6.35. The Morgan fingerprint density at radius 1 is 1.27 bits per heavy atom. The third-order valence-electron chi connectivity index (χ3n) is 3.54. The first-order valence-electron chi connectivity index (χ1n) is 6.97. The Bertz CT molecular complexity index is 553. The molecule has 0 radical (unpaired) electrons. The second kappa shape index (κ2) is 7.07. The quantitative estimate of drug-likeness (QED) is 0.358. The smallest absolute Gasteiger partial charge is 0.377 e. The van der Waals surface area contributed by atoms with E-state index in [-0.39, 0.29) is 0 Å². The molecule has 9 heteroatoms. The van der Waals surface area contributed by atoms with Crippen LogP contribution in [-0.2, 0) is 13.3 Å². The summed E-state index contributed by atoms with van der Waals surface area (Å²) >= 11 is 0. The molecule has 0 saturated heterocycles. The fourth-order valence-corrected chi connectivity index (χ4v) is 4.38. The van der Waals surface area contributed by atoms with Crippen molar-refractivity contribution in [3.63, 3.8) is 0 Å². The number of amides is 2. The lowest BCUT2D eigenvalue weighted by Crippen LogP contribution is -2.48. The van der Waals surface area contributed by atoms with E-state index in [1.54, 1.807) is 14.2 Å². The van der Waals surface area contributed by atoms with Gasteiger partial charge in [-0.1, -0.05) is 0 Å². The predicted octanol–water partition coefficient (Wildman–Crippen LogP) is 0.801. The highest BCUT2D eigenvalue weighted by atomic mass is 28.4. The Balaban J connectivity index is 1.99. The summed E-state index contributed by atoms with van der Waals surface area (Å²) in [5.74, 6) is 0. The minimum absolute atomic E-state index is 0.428. The Morgan fingerprint density at radius 3 is 2.27 bits per heavy atom. The van der Waals surface area contributed by atoms with Gasteiger partial charge in [-0.3, -0.25) is 5.73 Å². The van der Waals surface area contributed by atoms with Crippen molar-refractivity contribution in [1.82, 2.24) is 9.88 Å². The van der Waals surface area contributed by atoms with Crippen LogP contribution in [0, 0.1) is 0 Å². The van der Waals surface area contributed by atoms with Gasteiger partial charge in [-0.15, -0.1) is 0 Å². The summed E-state index contributed by atoms with van der Waals surface area (Å²) in [7, 11) is 0.164. The number of nitrogens with two attached hydrogens (primary N) is 2. The molecule has 8 nitrogen and oxygen atoms in total. The molecular weight excluding hydrogens is 304 g/mol. The molecule has 1 atom stereocenters. The molecule has 0 aliphatic rings. The lowest BCUT2D eigenvalue weighted by atomic mass is 10.4. The molecule has 122 valence electrons. The van der Waals surface area contributed by atoms with Gasteiger partial charge in [0.1, 0.15) is 0 Å². The number of fused-ring (bicyclic) bond motifs is 2. The van der Waals surface area contributed by atoms with Crippen molar-refractivity contribution in [3.8, 4) is 0 Å². The van der Waals surface area contributed by atoms with Gasteiger partial charge in [0.15, 0.2) is 6.35 Å². The number of hydrogen-bond donors (Lipinski definition) is 3. The Hall–Kier alpha value is -1.65. The topological polar surface area (TPSA) is 114 Å². The Kier molecular flexibility index (Phi) is 5.37. The minimum atomic E-state index is -2.92. The third kappa shape index (κ3) is 3.57. The number of carbonyl (C=O) groups is 1.